The van der Waals surface area contributed by atoms with Crippen molar-refractivity contribution in [3.8, 4) is 0 Å². The van der Waals surface area contributed by atoms with Crippen molar-refractivity contribution in [2.75, 3.05) is 12.8 Å². The van der Waals surface area contributed by atoms with Crippen molar-refractivity contribution in [3.05, 3.63) is 46.7 Å². The summed E-state index contributed by atoms with van der Waals surface area (Å²) in [7, 11) is 0.566. The molecule has 3 rings (SSSR count). The lowest BCUT2D eigenvalue weighted by Gasteiger charge is -2.24. The van der Waals surface area contributed by atoms with Crippen LogP contribution in [0.15, 0.2) is 35.4 Å². The third kappa shape index (κ3) is 2.59. The molecule has 0 aliphatic carbocycles. The fraction of sp³-hybridized carbons (Fsp3) is 0.357. The van der Waals surface area contributed by atoms with Crippen molar-refractivity contribution >= 4 is 21.4 Å². The number of hydrogen-bond donors (Lipinski definition) is 0. The molecule has 0 bridgehead atoms. The van der Waals surface area contributed by atoms with E-state index in [0.717, 1.165) is 11.3 Å². The highest BCUT2D eigenvalue weighted by Gasteiger charge is 2.37. The number of fused-ring (bicyclic) bond motifs is 1. The maximum absolute atomic E-state index is 12.3. The van der Waals surface area contributed by atoms with Crippen molar-refractivity contribution in [3.63, 3.8) is 0 Å². The fourth-order valence-electron chi connectivity index (χ4n) is 2.74. The Balaban J connectivity index is 1.94. The van der Waals surface area contributed by atoms with Gasteiger partial charge in [0.05, 0.1) is 22.4 Å². The van der Waals surface area contributed by atoms with Crippen molar-refractivity contribution in [1.29, 1.82) is 0 Å². The van der Waals surface area contributed by atoms with Gasteiger partial charge in [-0.1, -0.05) is 11.6 Å². The van der Waals surface area contributed by atoms with Gasteiger partial charge in [-0.2, -0.15) is 5.10 Å². The predicted octanol–water partition coefficient (Wildman–Crippen LogP) is 2.03. The number of rotatable bonds is 3. The Morgan fingerprint density at radius 1 is 1.43 bits per heavy atom. The van der Waals surface area contributed by atoms with Gasteiger partial charge in [0.15, 0.2) is 9.84 Å². The first-order valence-corrected chi connectivity index (χ1v) is 8.61. The topological polar surface area (TPSA) is 55.2 Å². The number of halogens is 1. The lowest BCUT2D eigenvalue weighted by Crippen LogP contribution is -2.26. The highest BCUT2D eigenvalue weighted by Crippen LogP contribution is 2.38. The first-order valence-electron chi connectivity index (χ1n) is 6.58. The second kappa shape index (κ2) is 5.12. The zero-order valence-corrected chi connectivity index (χ0v) is 13.4. The standard InChI is InChI=1S/C14H16ClN3O2S/c1-17(8-11-5-6-16-18(11)2)13-9-21(19,20)14-4-3-10(15)7-12(13)14/h3-7,13H,8-9H2,1-2H3/t13-/m0/s1. The normalized spacial score (nSPS) is 19.9. The Labute approximate surface area is 129 Å². The highest BCUT2D eigenvalue weighted by molar-refractivity contribution is 7.91. The number of aromatic nitrogens is 2. The fourth-order valence-corrected chi connectivity index (χ4v) is 4.78. The summed E-state index contributed by atoms with van der Waals surface area (Å²) >= 11 is 6.03. The lowest BCUT2D eigenvalue weighted by molar-refractivity contribution is 0.250. The van der Waals surface area contributed by atoms with Gasteiger partial charge < -0.3 is 0 Å². The van der Waals surface area contributed by atoms with Gasteiger partial charge in [0.2, 0.25) is 0 Å². The van der Waals surface area contributed by atoms with E-state index in [4.69, 9.17) is 11.6 Å². The largest absolute Gasteiger partial charge is 0.292 e. The smallest absolute Gasteiger partial charge is 0.180 e. The number of hydrogen-bond acceptors (Lipinski definition) is 4. The summed E-state index contributed by atoms with van der Waals surface area (Å²) < 4.78 is 26.3. The van der Waals surface area contributed by atoms with E-state index in [9.17, 15) is 8.42 Å². The molecular formula is C14H16ClN3O2S. The second-order valence-corrected chi connectivity index (χ2v) is 7.78. The molecule has 0 amide bonds. The molecule has 0 fully saturated rings. The minimum Gasteiger partial charge on any atom is -0.292 e. The quantitative estimate of drug-likeness (QED) is 0.866. The average molecular weight is 326 g/mol. The maximum atomic E-state index is 12.3. The summed E-state index contributed by atoms with van der Waals surface area (Å²) in [5.74, 6) is 0.0943. The summed E-state index contributed by atoms with van der Waals surface area (Å²) in [6.45, 7) is 0.628. The Bertz CT molecular complexity index is 785. The molecule has 0 unspecified atom stereocenters. The molecule has 1 aromatic carbocycles. The Morgan fingerprint density at radius 3 is 2.86 bits per heavy atom. The van der Waals surface area contributed by atoms with Crippen LogP contribution in [0.1, 0.15) is 17.3 Å². The van der Waals surface area contributed by atoms with Crippen LogP contribution in [0, 0.1) is 0 Å². The molecule has 0 N–H and O–H groups in total. The van der Waals surface area contributed by atoms with Crippen molar-refractivity contribution < 1.29 is 8.42 Å². The molecule has 2 aromatic rings. The van der Waals surface area contributed by atoms with Crippen LogP contribution in [0.2, 0.25) is 5.02 Å². The minimum atomic E-state index is -3.23. The van der Waals surface area contributed by atoms with E-state index >= 15 is 0 Å². The molecular weight excluding hydrogens is 310 g/mol. The van der Waals surface area contributed by atoms with Gasteiger partial charge in [0.1, 0.15) is 0 Å². The van der Waals surface area contributed by atoms with Crippen LogP contribution in [0.4, 0.5) is 0 Å². The molecule has 1 aliphatic heterocycles. The van der Waals surface area contributed by atoms with Crippen molar-refractivity contribution in [2.45, 2.75) is 17.5 Å². The van der Waals surface area contributed by atoms with E-state index in [-0.39, 0.29) is 11.8 Å². The van der Waals surface area contributed by atoms with Gasteiger partial charge in [0.25, 0.3) is 0 Å². The molecule has 1 aromatic heterocycles. The van der Waals surface area contributed by atoms with Crippen LogP contribution in [0.5, 0.6) is 0 Å². The molecule has 0 saturated heterocycles. The monoisotopic (exact) mass is 325 g/mol. The molecule has 1 aliphatic rings. The Morgan fingerprint density at radius 2 is 2.19 bits per heavy atom. The van der Waals surface area contributed by atoms with Gasteiger partial charge in [-0.3, -0.25) is 9.58 Å². The summed E-state index contributed by atoms with van der Waals surface area (Å²) in [6, 6.07) is 6.73. The number of benzene rings is 1. The second-order valence-electron chi connectivity index (χ2n) is 5.34. The summed E-state index contributed by atoms with van der Waals surface area (Å²) in [6.07, 6.45) is 1.74. The molecule has 0 spiro atoms. The van der Waals surface area contributed by atoms with Crippen LogP contribution >= 0.6 is 11.6 Å². The highest BCUT2D eigenvalue weighted by atomic mass is 35.5. The average Bonchev–Trinajstić information content (AvgIpc) is 2.92. The first-order chi connectivity index (χ1) is 9.88. The molecule has 112 valence electrons. The van der Waals surface area contributed by atoms with Crippen LogP contribution < -0.4 is 0 Å². The summed E-state index contributed by atoms with van der Waals surface area (Å²) in [5, 5.41) is 4.69. The molecule has 0 saturated carbocycles. The summed E-state index contributed by atoms with van der Waals surface area (Å²) in [4.78, 5) is 2.42. The van der Waals surface area contributed by atoms with E-state index in [1.807, 2.05) is 25.1 Å². The van der Waals surface area contributed by atoms with Crippen LogP contribution in [-0.4, -0.2) is 35.9 Å². The van der Waals surface area contributed by atoms with Gasteiger partial charge in [-0.15, -0.1) is 0 Å². The van der Waals surface area contributed by atoms with E-state index in [2.05, 4.69) is 5.10 Å². The third-order valence-electron chi connectivity index (χ3n) is 3.91. The van der Waals surface area contributed by atoms with E-state index in [1.165, 1.54) is 0 Å². The van der Waals surface area contributed by atoms with E-state index < -0.39 is 9.84 Å². The van der Waals surface area contributed by atoms with Gasteiger partial charge >= 0.3 is 0 Å². The minimum absolute atomic E-state index is 0.0943. The van der Waals surface area contributed by atoms with Crippen LogP contribution in [0.3, 0.4) is 0 Å². The van der Waals surface area contributed by atoms with Crippen molar-refractivity contribution in [1.82, 2.24) is 14.7 Å². The Kier molecular flexibility index (Phi) is 3.55. The van der Waals surface area contributed by atoms with Gasteiger partial charge in [-0.05, 0) is 36.9 Å². The van der Waals surface area contributed by atoms with Crippen LogP contribution in [-0.2, 0) is 23.4 Å². The number of sulfone groups is 1. The Hall–Kier alpha value is -1.37. The molecule has 5 nitrogen and oxygen atoms in total. The first kappa shape index (κ1) is 14.6. The zero-order valence-electron chi connectivity index (χ0n) is 11.8. The molecule has 21 heavy (non-hydrogen) atoms. The van der Waals surface area contributed by atoms with Crippen LogP contribution in [0.25, 0.3) is 0 Å². The maximum Gasteiger partial charge on any atom is 0.180 e. The number of nitrogens with zero attached hydrogens (tertiary/aromatic N) is 3. The van der Waals surface area contributed by atoms with E-state index in [1.54, 1.807) is 29.1 Å². The SMILES string of the molecule is CN(Cc1ccnn1C)[C@H]1CS(=O)(=O)c2ccc(Cl)cc21. The molecule has 0 radical (unpaired) electrons. The zero-order chi connectivity index (χ0) is 15.2. The predicted molar refractivity (Wildman–Crippen MR) is 80.9 cm³/mol. The third-order valence-corrected chi connectivity index (χ3v) is 5.94. The van der Waals surface area contributed by atoms with Gasteiger partial charge in [0, 0.05) is 24.8 Å². The molecule has 1 atom stereocenters. The number of aryl methyl sites for hydroxylation is 1. The molecule has 7 heteroatoms. The molecule has 2 heterocycles. The van der Waals surface area contributed by atoms with E-state index in [0.29, 0.717) is 16.5 Å². The van der Waals surface area contributed by atoms with Crippen molar-refractivity contribution in [2.24, 2.45) is 7.05 Å². The lowest BCUT2D eigenvalue weighted by atomic mass is 10.1. The van der Waals surface area contributed by atoms with Gasteiger partial charge in [-0.25, -0.2) is 8.42 Å². The summed E-state index contributed by atoms with van der Waals surface area (Å²) in [5.41, 5.74) is 1.82.